The van der Waals surface area contributed by atoms with Gasteiger partial charge in [0.2, 0.25) is 0 Å². The molecule has 13 heteroatoms. The fraction of sp³-hybridized carbons (Fsp3) is 0.854. The van der Waals surface area contributed by atoms with Crippen molar-refractivity contribution in [2.45, 2.75) is 186 Å². The molecule has 0 heterocycles. The van der Waals surface area contributed by atoms with Crippen LogP contribution in [0.2, 0.25) is 0 Å². The molecule has 7 atom stereocenters. The average molecular weight is 790 g/mol. The highest BCUT2D eigenvalue weighted by atomic mass is 31.2. The Labute approximate surface area is 326 Å². The molecule has 12 nitrogen and oxygen atoms in total. The molecule has 316 valence electrons. The SMILES string of the molecule is CCCCCCCCCCCCCCCC(=O)OC[C@H](COP(=O)(O)OCCN)OC(=O)CCC/C=C\C[C@H]1[C@@H](/C=C/[C@@H](O)CCCCC)[C@H](O)C[C@@H]1O. The summed E-state index contributed by atoms with van der Waals surface area (Å²) >= 11 is 0. The zero-order valence-electron chi connectivity index (χ0n) is 33.5. The maximum absolute atomic E-state index is 12.7. The van der Waals surface area contributed by atoms with Gasteiger partial charge in [0.15, 0.2) is 6.10 Å². The zero-order valence-corrected chi connectivity index (χ0v) is 34.4. The first-order chi connectivity index (χ1) is 26.0. The van der Waals surface area contributed by atoms with E-state index in [2.05, 4.69) is 13.8 Å². The summed E-state index contributed by atoms with van der Waals surface area (Å²) in [5.41, 5.74) is 5.34. The van der Waals surface area contributed by atoms with Crippen molar-refractivity contribution in [3.05, 3.63) is 24.3 Å². The molecular weight excluding hydrogens is 713 g/mol. The van der Waals surface area contributed by atoms with Crippen molar-refractivity contribution in [3.63, 3.8) is 0 Å². The Kier molecular flexibility index (Phi) is 30.3. The predicted molar refractivity (Wildman–Crippen MR) is 212 cm³/mol. The van der Waals surface area contributed by atoms with E-state index < -0.39 is 50.8 Å². The minimum absolute atomic E-state index is 0.0156. The van der Waals surface area contributed by atoms with Crippen molar-refractivity contribution in [2.75, 3.05) is 26.4 Å². The van der Waals surface area contributed by atoms with Crippen LogP contribution in [0.3, 0.4) is 0 Å². The second kappa shape index (κ2) is 32.5. The fourth-order valence-electron chi connectivity index (χ4n) is 6.69. The van der Waals surface area contributed by atoms with Crippen molar-refractivity contribution < 1.29 is 52.9 Å². The molecule has 0 aliphatic heterocycles. The van der Waals surface area contributed by atoms with Gasteiger partial charge in [0, 0.05) is 31.7 Å². The molecule has 0 aromatic rings. The molecule has 0 radical (unpaired) electrons. The third kappa shape index (κ3) is 26.3. The van der Waals surface area contributed by atoms with E-state index in [1.807, 2.05) is 18.2 Å². The minimum Gasteiger partial charge on any atom is -0.462 e. The van der Waals surface area contributed by atoms with E-state index in [0.717, 1.165) is 38.5 Å². The van der Waals surface area contributed by atoms with Crippen LogP contribution in [0.15, 0.2) is 24.3 Å². The third-order valence-corrected chi connectivity index (χ3v) is 10.9. The molecule has 0 aromatic heterocycles. The number of aliphatic hydroxyl groups excluding tert-OH is 3. The van der Waals surface area contributed by atoms with Crippen LogP contribution < -0.4 is 5.73 Å². The van der Waals surface area contributed by atoms with Crippen LogP contribution in [0.5, 0.6) is 0 Å². The quantitative estimate of drug-likeness (QED) is 0.0180. The Morgan fingerprint density at radius 2 is 1.37 bits per heavy atom. The summed E-state index contributed by atoms with van der Waals surface area (Å²) in [6, 6.07) is 0. The summed E-state index contributed by atoms with van der Waals surface area (Å²) in [4.78, 5) is 35.0. The summed E-state index contributed by atoms with van der Waals surface area (Å²) in [5.74, 6) is -1.43. The highest BCUT2D eigenvalue weighted by Crippen LogP contribution is 2.43. The second-order valence-electron chi connectivity index (χ2n) is 14.8. The van der Waals surface area contributed by atoms with Gasteiger partial charge in [0.05, 0.1) is 31.5 Å². The van der Waals surface area contributed by atoms with Crippen molar-refractivity contribution >= 4 is 19.8 Å². The first-order valence-corrected chi connectivity index (χ1v) is 22.6. The predicted octanol–water partition coefficient (Wildman–Crippen LogP) is 7.99. The number of esters is 2. The van der Waals surface area contributed by atoms with E-state index in [1.165, 1.54) is 57.8 Å². The maximum atomic E-state index is 12.7. The van der Waals surface area contributed by atoms with E-state index in [4.69, 9.17) is 24.3 Å². The van der Waals surface area contributed by atoms with Gasteiger partial charge in [-0.15, -0.1) is 0 Å². The molecule has 6 N–H and O–H groups in total. The van der Waals surface area contributed by atoms with Gasteiger partial charge in [-0.1, -0.05) is 134 Å². The largest absolute Gasteiger partial charge is 0.472 e. The molecule has 1 aliphatic rings. The van der Waals surface area contributed by atoms with Crippen LogP contribution >= 0.6 is 7.82 Å². The standard InChI is InChI=1S/C41H76NO11P/c1-3-5-7-8-9-10-11-12-13-14-15-16-21-25-40(46)50-32-35(33-52-54(48,49)51-30-29-42)53-41(47)26-22-18-17-20-24-36-37(39(45)31-38(36)44)28-27-34(43)23-19-6-4-2/h17,20,27-28,34-39,43-45H,3-16,18-19,21-26,29-33,42H2,1-2H3,(H,48,49)/b20-17-,28-27+/t34-,35+,36-,37+,38-,39+/m0/s1. The number of hydrogen-bond donors (Lipinski definition) is 5. The summed E-state index contributed by atoms with van der Waals surface area (Å²) < 4.78 is 32.7. The van der Waals surface area contributed by atoms with Crippen molar-refractivity contribution in [1.82, 2.24) is 0 Å². The van der Waals surface area contributed by atoms with E-state index in [9.17, 15) is 34.4 Å². The van der Waals surface area contributed by atoms with E-state index >= 15 is 0 Å². The second-order valence-corrected chi connectivity index (χ2v) is 16.3. The molecule has 1 rings (SSSR count). The van der Waals surface area contributed by atoms with Gasteiger partial charge in [-0.2, -0.15) is 0 Å². The van der Waals surface area contributed by atoms with Crippen molar-refractivity contribution in [3.8, 4) is 0 Å². The molecule has 0 amide bonds. The van der Waals surface area contributed by atoms with Crippen LogP contribution in [0, 0.1) is 11.8 Å². The third-order valence-electron chi connectivity index (χ3n) is 9.91. The van der Waals surface area contributed by atoms with Crippen molar-refractivity contribution in [2.24, 2.45) is 17.6 Å². The minimum atomic E-state index is -4.44. The topological polar surface area (TPSA) is 195 Å². The molecule has 0 aromatic carbocycles. The normalized spacial score (nSPS) is 21.1. The van der Waals surface area contributed by atoms with Gasteiger partial charge < -0.3 is 35.4 Å². The Balaban J connectivity index is 2.44. The van der Waals surface area contributed by atoms with Crippen LogP contribution in [0.1, 0.15) is 162 Å². The number of nitrogens with two attached hydrogens (primary N) is 1. The van der Waals surface area contributed by atoms with E-state index in [0.29, 0.717) is 32.1 Å². The highest BCUT2D eigenvalue weighted by molar-refractivity contribution is 7.47. The lowest BCUT2D eigenvalue weighted by Crippen LogP contribution is -2.29. The number of carbonyl (C=O) groups excluding carboxylic acids is 2. The molecular formula is C41H76NO11P. The smallest absolute Gasteiger partial charge is 0.462 e. The number of aliphatic hydroxyl groups is 3. The number of ether oxygens (including phenoxy) is 2. The number of phosphoric ester groups is 1. The number of unbranched alkanes of at least 4 members (excludes halogenated alkanes) is 15. The van der Waals surface area contributed by atoms with Gasteiger partial charge in [0.1, 0.15) is 6.61 Å². The summed E-state index contributed by atoms with van der Waals surface area (Å²) in [5, 5.41) is 31.3. The molecule has 0 bridgehead atoms. The fourth-order valence-corrected chi connectivity index (χ4v) is 7.45. The molecule has 0 spiro atoms. The average Bonchev–Trinajstić information content (AvgIpc) is 3.41. The van der Waals surface area contributed by atoms with Gasteiger partial charge in [0.25, 0.3) is 0 Å². The Hall–Kier alpha value is -1.63. The molecule has 1 saturated carbocycles. The summed E-state index contributed by atoms with van der Waals surface area (Å²) in [6.45, 7) is 3.34. The molecule has 54 heavy (non-hydrogen) atoms. The molecule has 1 fully saturated rings. The Morgan fingerprint density at radius 1 is 0.778 bits per heavy atom. The molecule has 1 aliphatic carbocycles. The first-order valence-electron chi connectivity index (χ1n) is 21.1. The Morgan fingerprint density at radius 3 is 2.00 bits per heavy atom. The van der Waals surface area contributed by atoms with Crippen molar-refractivity contribution in [1.29, 1.82) is 0 Å². The summed E-state index contributed by atoms with van der Waals surface area (Å²) in [7, 11) is -4.44. The van der Waals surface area contributed by atoms with E-state index in [-0.39, 0.29) is 50.9 Å². The number of phosphoric acid groups is 1. The number of carbonyl (C=O) groups is 2. The lowest BCUT2D eigenvalue weighted by molar-refractivity contribution is -0.161. The van der Waals surface area contributed by atoms with Crippen LogP contribution in [0.4, 0.5) is 0 Å². The van der Waals surface area contributed by atoms with Crippen LogP contribution in [0.25, 0.3) is 0 Å². The number of rotatable bonds is 35. The van der Waals surface area contributed by atoms with Gasteiger partial charge in [-0.05, 0) is 38.0 Å². The number of hydrogen-bond acceptors (Lipinski definition) is 11. The maximum Gasteiger partial charge on any atom is 0.472 e. The zero-order chi connectivity index (χ0) is 39.9. The molecule has 0 saturated heterocycles. The summed E-state index contributed by atoms with van der Waals surface area (Å²) in [6.07, 6.45) is 25.9. The van der Waals surface area contributed by atoms with Crippen LogP contribution in [-0.2, 0) is 32.7 Å². The van der Waals surface area contributed by atoms with E-state index in [1.54, 1.807) is 6.08 Å². The lowest BCUT2D eigenvalue weighted by Gasteiger charge is -2.20. The number of allylic oxidation sites excluding steroid dienone is 2. The van der Waals surface area contributed by atoms with Gasteiger partial charge in [-0.25, -0.2) is 4.57 Å². The van der Waals surface area contributed by atoms with Gasteiger partial charge in [-0.3, -0.25) is 18.6 Å². The van der Waals surface area contributed by atoms with Crippen LogP contribution in [-0.4, -0.2) is 82.9 Å². The molecule has 1 unspecified atom stereocenters. The highest BCUT2D eigenvalue weighted by Gasteiger charge is 2.39. The Bertz CT molecular complexity index is 1060. The lowest BCUT2D eigenvalue weighted by atomic mass is 9.89. The first kappa shape index (κ1) is 50.4. The van der Waals surface area contributed by atoms with Gasteiger partial charge >= 0.3 is 19.8 Å². The monoisotopic (exact) mass is 790 g/mol.